The quantitative estimate of drug-likeness (QED) is 0.749. The summed E-state index contributed by atoms with van der Waals surface area (Å²) in [7, 11) is 5.69. The molecule has 1 aromatic heterocycles. The Morgan fingerprint density at radius 3 is 2.81 bits per heavy atom. The van der Waals surface area contributed by atoms with Gasteiger partial charge in [-0.2, -0.15) is 5.10 Å². The number of methoxy groups -OCH3 is 1. The molecule has 0 fully saturated rings. The summed E-state index contributed by atoms with van der Waals surface area (Å²) >= 11 is 0. The molecule has 0 aliphatic rings. The van der Waals surface area contributed by atoms with Crippen LogP contribution in [0.5, 0.6) is 0 Å². The SMILES string of the molecule is COCC(N)CN(C)Cc1cc(C)nn1C. The molecule has 1 atom stereocenters. The molecule has 0 spiro atoms. The van der Waals surface area contributed by atoms with Gasteiger partial charge in [0.05, 0.1) is 18.0 Å². The van der Waals surface area contributed by atoms with Crippen molar-refractivity contribution < 1.29 is 4.74 Å². The molecule has 92 valence electrons. The Balaban J connectivity index is 2.45. The van der Waals surface area contributed by atoms with E-state index in [0.717, 1.165) is 18.8 Å². The number of rotatable bonds is 6. The molecular formula is C11H22N4O. The normalized spacial score (nSPS) is 13.4. The largest absolute Gasteiger partial charge is 0.383 e. The molecule has 1 rings (SSSR count). The Hall–Kier alpha value is -0.910. The number of nitrogens with two attached hydrogens (primary N) is 1. The fourth-order valence-corrected chi connectivity index (χ4v) is 1.82. The zero-order valence-corrected chi connectivity index (χ0v) is 10.6. The Morgan fingerprint density at radius 2 is 2.31 bits per heavy atom. The maximum Gasteiger partial charge on any atom is 0.0626 e. The Bertz CT molecular complexity index is 324. The summed E-state index contributed by atoms with van der Waals surface area (Å²) in [5, 5.41) is 4.31. The van der Waals surface area contributed by atoms with Crippen LogP contribution in [-0.4, -0.2) is 48.0 Å². The topological polar surface area (TPSA) is 56.3 Å². The van der Waals surface area contributed by atoms with Gasteiger partial charge in [0, 0.05) is 33.3 Å². The van der Waals surface area contributed by atoms with Crippen molar-refractivity contribution in [2.75, 3.05) is 27.3 Å². The molecule has 0 bridgehead atoms. The number of aromatic nitrogens is 2. The molecule has 1 aromatic rings. The van der Waals surface area contributed by atoms with E-state index in [4.69, 9.17) is 10.5 Å². The minimum Gasteiger partial charge on any atom is -0.383 e. The van der Waals surface area contributed by atoms with Crippen LogP contribution in [0.4, 0.5) is 0 Å². The summed E-state index contributed by atoms with van der Waals surface area (Å²) in [6.07, 6.45) is 0. The van der Waals surface area contributed by atoms with Gasteiger partial charge in [0.15, 0.2) is 0 Å². The minimum absolute atomic E-state index is 0.0596. The van der Waals surface area contributed by atoms with Gasteiger partial charge < -0.3 is 10.5 Å². The predicted molar refractivity (Wildman–Crippen MR) is 64.1 cm³/mol. The Morgan fingerprint density at radius 1 is 1.62 bits per heavy atom. The summed E-state index contributed by atoms with van der Waals surface area (Å²) in [6, 6.07) is 2.16. The fraction of sp³-hybridized carbons (Fsp3) is 0.727. The average Bonchev–Trinajstić information content (AvgIpc) is 2.44. The third kappa shape index (κ3) is 3.92. The molecule has 2 N–H and O–H groups in total. The highest BCUT2D eigenvalue weighted by atomic mass is 16.5. The molecular weight excluding hydrogens is 204 g/mol. The van der Waals surface area contributed by atoms with Crippen molar-refractivity contribution in [1.29, 1.82) is 0 Å². The van der Waals surface area contributed by atoms with E-state index in [2.05, 4.69) is 23.1 Å². The van der Waals surface area contributed by atoms with Gasteiger partial charge in [0.1, 0.15) is 0 Å². The highest BCUT2D eigenvalue weighted by molar-refractivity contribution is 5.08. The van der Waals surface area contributed by atoms with E-state index in [1.807, 2.05) is 18.7 Å². The number of hydrogen-bond acceptors (Lipinski definition) is 4. The van der Waals surface area contributed by atoms with Crippen LogP contribution in [0.2, 0.25) is 0 Å². The third-order valence-corrected chi connectivity index (χ3v) is 2.46. The summed E-state index contributed by atoms with van der Waals surface area (Å²) in [4.78, 5) is 2.18. The van der Waals surface area contributed by atoms with Crippen LogP contribution in [0, 0.1) is 6.92 Å². The first-order chi connectivity index (χ1) is 7.52. The molecule has 16 heavy (non-hydrogen) atoms. The van der Waals surface area contributed by atoms with Crippen molar-refractivity contribution in [3.8, 4) is 0 Å². The highest BCUT2D eigenvalue weighted by Gasteiger charge is 2.09. The lowest BCUT2D eigenvalue weighted by molar-refractivity contribution is 0.159. The molecule has 0 aromatic carbocycles. The highest BCUT2D eigenvalue weighted by Crippen LogP contribution is 2.05. The first kappa shape index (κ1) is 13.2. The van der Waals surface area contributed by atoms with Gasteiger partial charge in [-0.25, -0.2) is 0 Å². The van der Waals surface area contributed by atoms with Crippen LogP contribution in [0.15, 0.2) is 6.07 Å². The van der Waals surface area contributed by atoms with E-state index in [9.17, 15) is 0 Å². The first-order valence-corrected chi connectivity index (χ1v) is 5.45. The lowest BCUT2D eigenvalue weighted by Crippen LogP contribution is -2.38. The van der Waals surface area contributed by atoms with E-state index in [1.165, 1.54) is 5.69 Å². The summed E-state index contributed by atoms with van der Waals surface area (Å²) < 4.78 is 6.92. The minimum atomic E-state index is 0.0596. The molecule has 1 heterocycles. The molecule has 0 aliphatic heterocycles. The first-order valence-electron chi connectivity index (χ1n) is 5.45. The Labute approximate surface area is 97.2 Å². The zero-order chi connectivity index (χ0) is 12.1. The molecule has 0 radical (unpaired) electrons. The second-order valence-electron chi connectivity index (χ2n) is 4.31. The van der Waals surface area contributed by atoms with Gasteiger partial charge in [-0.3, -0.25) is 9.58 Å². The van der Waals surface area contributed by atoms with Gasteiger partial charge in [0.2, 0.25) is 0 Å². The molecule has 0 aliphatic carbocycles. The second-order valence-corrected chi connectivity index (χ2v) is 4.31. The molecule has 0 amide bonds. The molecule has 5 heteroatoms. The second kappa shape index (κ2) is 5.98. The van der Waals surface area contributed by atoms with Crippen molar-refractivity contribution in [3.63, 3.8) is 0 Å². The van der Waals surface area contributed by atoms with Crippen LogP contribution < -0.4 is 5.73 Å². The van der Waals surface area contributed by atoms with Crippen molar-refractivity contribution >= 4 is 0 Å². The fourth-order valence-electron chi connectivity index (χ4n) is 1.82. The average molecular weight is 226 g/mol. The lowest BCUT2D eigenvalue weighted by Gasteiger charge is -2.20. The monoisotopic (exact) mass is 226 g/mol. The van der Waals surface area contributed by atoms with Crippen molar-refractivity contribution in [1.82, 2.24) is 14.7 Å². The van der Waals surface area contributed by atoms with Crippen LogP contribution in [0.25, 0.3) is 0 Å². The van der Waals surface area contributed by atoms with E-state index in [0.29, 0.717) is 6.61 Å². The number of nitrogens with zero attached hydrogens (tertiary/aromatic N) is 3. The van der Waals surface area contributed by atoms with Crippen LogP contribution in [-0.2, 0) is 18.3 Å². The molecule has 0 saturated carbocycles. The number of hydrogen-bond donors (Lipinski definition) is 1. The van der Waals surface area contributed by atoms with Crippen molar-refractivity contribution in [2.24, 2.45) is 12.8 Å². The van der Waals surface area contributed by atoms with E-state index in [1.54, 1.807) is 7.11 Å². The summed E-state index contributed by atoms with van der Waals surface area (Å²) in [5.41, 5.74) is 8.14. The van der Waals surface area contributed by atoms with Crippen molar-refractivity contribution in [2.45, 2.75) is 19.5 Å². The molecule has 5 nitrogen and oxygen atoms in total. The van der Waals surface area contributed by atoms with E-state index < -0.39 is 0 Å². The molecule has 0 saturated heterocycles. The van der Waals surface area contributed by atoms with Crippen molar-refractivity contribution in [3.05, 3.63) is 17.5 Å². The summed E-state index contributed by atoms with van der Waals surface area (Å²) in [5.74, 6) is 0. The maximum atomic E-state index is 5.89. The van der Waals surface area contributed by atoms with Gasteiger partial charge in [0.25, 0.3) is 0 Å². The van der Waals surface area contributed by atoms with E-state index >= 15 is 0 Å². The zero-order valence-electron chi connectivity index (χ0n) is 10.6. The maximum absolute atomic E-state index is 5.89. The third-order valence-electron chi connectivity index (χ3n) is 2.46. The van der Waals surface area contributed by atoms with E-state index in [-0.39, 0.29) is 6.04 Å². The van der Waals surface area contributed by atoms with Gasteiger partial charge in [-0.1, -0.05) is 0 Å². The lowest BCUT2D eigenvalue weighted by atomic mass is 10.3. The summed E-state index contributed by atoms with van der Waals surface area (Å²) in [6.45, 7) is 4.27. The van der Waals surface area contributed by atoms with Crippen LogP contribution in [0.3, 0.4) is 0 Å². The smallest absolute Gasteiger partial charge is 0.0626 e. The standard InChI is InChI=1S/C11H22N4O/c1-9-5-11(15(3)13-9)7-14(2)6-10(12)8-16-4/h5,10H,6-8,12H2,1-4H3. The van der Waals surface area contributed by atoms with Gasteiger partial charge >= 0.3 is 0 Å². The van der Waals surface area contributed by atoms with Gasteiger partial charge in [-0.15, -0.1) is 0 Å². The Kier molecular flexibility index (Phi) is 4.92. The van der Waals surface area contributed by atoms with Crippen LogP contribution in [0.1, 0.15) is 11.4 Å². The predicted octanol–water partition coefficient (Wildman–Crippen LogP) is 0.134. The number of likely N-dealkylation sites (N-methyl/N-ethyl adjacent to an activating group) is 1. The van der Waals surface area contributed by atoms with Gasteiger partial charge in [-0.05, 0) is 20.0 Å². The number of aryl methyl sites for hydroxylation is 2. The molecule has 1 unspecified atom stereocenters. The van der Waals surface area contributed by atoms with Crippen LogP contribution >= 0.6 is 0 Å². The number of ether oxygens (including phenoxy) is 1.